The molecule has 0 aliphatic rings. The Kier molecular flexibility index (Phi) is 7.18. The topological polar surface area (TPSA) is 46.2 Å². The molecule has 1 rings (SSSR count). The van der Waals surface area contributed by atoms with Crippen molar-refractivity contribution in [1.29, 1.82) is 0 Å². The van der Waals surface area contributed by atoms with Crippen LogP contribution in [0.5, 0.6) is 5.75 Å². The van der Waals surface area contributed by atoms with Gasteiger partial charge in [-0.05, 0) is 24.5 Å². The summed E-state index contributed by atoms with van der Waals surface area (Å²) in [5.41, 5.74) is 7.64. The van der Waals surface area contributed by atoms with Gasteiger partial charge >= 0.3 is 0 Å². The van der Waals surface area contributed by atoms with Crippen LogP contribution in [0.3, 0.4) is 0 Å². The van der Waals surface area contributed by atoms with E-state index < -0.39 is 0 Å². The minimum absolute atomic E-state index is 0. The zero-order chi connectivity index (χ0) is 10.4. The lowest BCUT2D eigenvalue weighted by atomic mass is 10.0. The maximum atomic E-state index is 9.43. The van der Waals surface area contributed by atoms with Crippen LogP contribution in [0.25, 0.3) is 0 Å². The van der Waals surface area contributed by atoms with E-state index in [2.05, 4.69) is 6.92 Å². The molecule has 0 saturated carbocycles. The fourth-order valence-corrected chi connectivity index (χ4v) is 1.54. The number of phenols is 1. The Morgan fingerprint density at radius 3 is 2.60 bits per heavy atom. The first-order valence-corrected chi connectivity index (χ1v) is 5.28. The molecule has 0 spiro atoms. The van der Waals surface area contributed by atoms with Crippen LogP contribution in [0.15, 0.2) is 18.2 Å². The van der Waals surface area contributed by atoms with E-state index in [1.165, 1.54) is 24.8 Å². The SMILES string of the molecule is CCCCCc1ccc(O)c(CN)c1.Cl. The summed E-state index contributed by atoms with van der Waals surface area (Å²) >= 11 is 0. The molecule has 2 nitrogen and oxygen atoms in total. The lowest BCUT2D eigenvalue weighted by Crippen LogP contribution is -1.98. The monoisotopic (exact) mass is 229 g/mol. The van der Waals surface area contributed by atoms with Crippen molar-refractivity contribution >= 4 is 12.4 Å². The van der Waals surface area contributed by atoms with E-state index in [1.807, 2.05) is 12.1 Å². The summed E-state index contributed by atoms with van der Waals surface area (Å²) in [5, 5.41) is 9.43. The Morgan fingerprint density at radius 1 is 1.27 bits per heavy atom. The third kappa shape index (κ3) is 4.54. The van der Waals surface area contributed by atoms with Gasteiger partial charge in [-0.2, -0.15) is 0 Å². The van der Waals surface area contributed by atoms with E-state index >= 15 is 0 Å². The van der Waals surface area contributed by atoms with Crippen LogP contribution in [0.4, 0.5) is 0 Å². The Hall–Kier alpha value is -0.730. The number of halogens is 1. The van der Waals surface area contributed by atoms with Crippen molar-refractivity contribution in [1.82, 2.24) is 0 Å². The van der Waals surface area contributed by atoms with Crippen LogP contribution in [-0.4, -0.2) is 5.11 Å². The molecule has 0 amide bonds. The molecule has 0 aromatic heterocycles. The van der Waals surface area contributed by atoms with Crippen LogP contribution in [0.1, 0.15) is 37.3 Å². The molecule has 0 radical (unpaired) electrons. The highest BCUT2D eigenvalue weighted by atomic mass is 35.5. The number of nitrogens with two attached hydrogens (primary N) is 1. The lowest BCUT2D eigenvalue weighted by molar-refractivity contribution is 0.468. The predicted octanol–water partition coefficient (Wildman–Crippen LogP) is 3.01. The Balaban J connectivity index is 0.00000196. The van der Waals surface area contributed by atoms with E-state index in [0.29, 0.717) is 12.3 Å². The predicted molar refractivity (Wildman–Crippen MR) is 66.5 cm³/mol. The quantitative estimate of drug-likeness (QED) is 0.763. The number of unbranched alkanes of at least 4 members (excludes halogenated alkanes) is 2. The number of aromatic hydroxyl groups is 1. The van der Waals surface area contributed by atoms with Gasteiger partial charge in [0.15, 0.2) is 0 Å². The molecule has 0 atom stereocenters. The Morgan fingerprint density at radius 2 is 2.00 bits per heavy atom. The molecular formula is C12H20ClNO. The van der Waals surface area contributed by atoms with E-state index in [0.717, 1.165) is 12.0 Å². The average molecular weight is 230 g/mol. The average Bonchev–Trinajstić information content (AvgIpc) is 2.21. The van der Waals surface area contributed by atoms with Crippen molar-refractivity contribution in [3.05, 3.63) is 29.3 Å². The highest BCUT2D eigenvalue weighted by Crippen LogP contribution is 2.19. The molecule has 0 aliphatic carbocycles. The molecule has 0 unspecified atom stereocenters. The summed E-state index contributed by atoms with van der Waals surface area (Å²) in [4.78, 5) is 0. The molecule has 0 saturated heterocycles. The third-order valence-electron chi connectivity index (χ3n) is 2.43. The van der Waals surface area contributed by atoms with Gasteiger partial charge in [0.1, 0.15) is 5.75 Å². The highest BCUT2D eigenvalue weighted by molar-refractivity contribution is 5.85. The number of hydrogen-bond donors (Lipinski definition) is 2. The molecule has 0 fully saturated rings. The summed E-state index contributed by atoms with van der Waals surface area (Å²) in [5.74, 6) is 0.312. The summed E-state index contributed by atoms with van der Waals surface area (Å²) in [7, 11) is 0. The number of phenolic OH excluding ortho intramolecular Hbond substituents is 1. The van der Waals surface area contributed by atoms with Crippen molar-refractivity contribution in [2.24, 2.45) is 5.73 Å². The number of aryl methyl sites for hydroxylation is 1. The van der Waals surface area contributed by atoms with Crippen molar-refractivity contribution in [3.63, 3.8) is 0 Å². The fourth-order valence-electron chi connectivity index (χ4n) is 1.54. The van der Waals surface area contributed by atoms with Crippen LogP contribution >= 0.6 is 12.4 Å². The number of hydrogen-bond acceptors (Lipinski definition) is 2. The van der Waals surface area contributed by atoms with Crippen molar-refractivity contribution < 1.29 is 5.11 Å². The summed E-state index contributed by atoms with van der Waals surface area (Å²) in [6, 6.07) is 5.72. The smallest absolute Gasteiger partial charge is 0.120 e. The largest absolute Gasteiger partial charge is 0.508 e. The van der Waals surface area contributed by atoms with Gasteiger partial charge in [-0.1, -0.05) is 31.9 Å². The van der Waals surface area contributed by atoms with Gasteiger partial charge in [0.2, 0.25) is 0 Å². The first-order chi connectivity index (χ1) is 6.77. The molecular weight excluding hydrogens is 210 g/mol. The maximum absolute atomic E-state index is 9.43. The second kappa shape index (κ2) is 7.55. The van der Waals surface area contributed by atoms with Crippen molar-refractivity contribution in [3.8, 4) is 5.75 Å². The second-order valence-electron chi connectivity index (χ2n) is 3.62. The maximum Gasteiger partial charge on any atom is 0.120 e. The summed E-state index contributed by atoms with van der Waals surface area (Å²) in [6.45, 7) is 2.61. The third-order valence-corrected chi connectivity index (χ3v) is 2.43. The molecule has 1 aromatic rings. The van der Waals surface area contributed by atoms with E-state index in [1.54, 1.807) is 6.07 Å². The zero-order valence-corrected chi connectivity index (χ0v) is 10.0. The molecule has 0 aliphatic heterocycles. The molecule has 3 N–H and O–H groups in total. The minimum Gasteiger partial charge on any atom is -0.508 e. The first kappa shape index (κ1) is 14.3. The number of rotatable bonds is 5. The van der Waals surface area contributed by atoms with Gasteiger partial charge in [-0.15, -0.1) is 12.4 Å². The molecule has 0 heterocycles. The molecule has 15 heavy (non-hydrogen) atoms. The Bertz CT molecular complexity index is 289. The van der Waals surface area contributed by atoms with Gasteiger partial charge in [-0.25, -0.2) is 0 Å². The van der Waals surface area contributed by atoms with E-state index in [-0.39, 0.29) is 12.4 Å². The van der Waals surface area contributed by atoms with Crippen LogP contribution < -0.4 is 5.73 Å². The highest BCUT2D eigenvalue weighted by Gasteiger charge is 2.00. The van der Waals surface area contributed by atoms with Gasteiger partial charge in [-0.3, -0.25) is 0 Å². The zero-order valence-electron chi connectivity index (χ0n) is 9.20. The molecule has 3 heteroatoms. The standard InChI is InChI=1S/C12H19NO.ClH/c1-2-3-4-5-10-6-7-12(14)11(8-10)9-13;/h6-8,14H,2-5,9,13H2,1H3;1H. The lowest BCUT2D eigenvalue weighted by Gasteiger charge is -2.05. The van der Waals surface area contributed by atoms with Gasteiger partial charge in [0.05, 0.1) is 0 Å². The first-order valence-electron chi connectivity index (χ1n) is 5.28. The van der Waals surface area contributed by atoms with Crippen molar-refractivity contribution in [2.75, 3.05) is 0 Å². The van der Waals surface area contributed by atoms with Crippen LogP contribution in [-0.2, 0) is 13.0 Å². The second-order valence-corrected chi connectivity index (χ2v) is 3.62. The molecule has 1 aromatic carbocycles. The van der Waals surface area contributed by atoms with Crippen molar-refractivity contribution in [2.45, 2.75) is 39.2 Å². The molecule has 86 valence electrons. The van der Waals surface area contributed by atoms with Crippen LogP contribution in [0, 0.1) is 0 Å². The summed E-state index contributed by atoms with van der Waals surface area (Å²) in [6.07, 6.45) is 4.80. The normalized spacial score (nSPS) is 9.73. The fraction of sp³-hybridized carbons (Fsp3) is 0.500. The molecule has 0 bridgehead atoms. The van der Waals surface area contributed by atoms with Gasteiger partial charge < -0.3 is 10.8 Å². The van der Waals surface area contributed by atoms with Gasteiger partial charge in [0.25, 0.3) is 0 Å². The van der Waals surface area contributed by atoms with E-state index in [9.17, 15) is 5.11 Å². The summed E-state index contributed by atoms with van der Waals surface area (Å²) < 4.78 is 0. The number of benzene rings is 1. The van der Waals surface area contributed by atoms with E-state index in [4.69, 9.17) is 5.73 Å². The van der Waals surface area contributed by atoms with Gasteiger partial charge in [0, 0.05) is 12.1 Å². The Labute approximate surface area is 97.9 Å². The van der Waals surface area contributed by atoms with Crippen LogP contribution in [0.2, 0.25) is 0 Å². The minimum atomic E-state index is 0.